The van der Waals surface area contributed by atoms with Gasteiger partial charge >= 0.3 is 6.09 Å². The van der Waals surface area contributed by atoms with Crippen molar-refractivity contribution in [3.8, 4) is 6.07 Å². The van der Waals surface area contributed by atoms with Crippen molar-refractivity contribution in [2.45, 2.75) is 52.7 Å². The summed E-state index contributed by atoms with van der Waals surface area (Å²) in [5.41, 5.74) is 1.09. The fourth-order valence-electron chi connectivity index (χ4n) is 3.03. The van der Waals surface area contributed by atoms with Crippen LogP contribution in [0.2, 0.25) is 5.02 Å². The maximum absolute atomic E-state index is 12.1. The average Bonchev–Trinajstić information content (AvgIpc) is 2.54. The standard InChI is InChI=1S/C20H29ClN4O2/c1-19(2,3)25-9-7-24(8-10-25)16-12-14(13-22)11-15(17(16)21)23-18(26)27-20(4,5)6/h11-12H,7-10H2,1-6H3,(H,23,26). The molecule has 1 aromatic carbocycles. The SMILES string of the molecule is CC(C)(C)OC(=O)Nc1cc(C#N)cc(N2CCN(C(C)(C)C)CC2)c1Cl. The summed E-state index contributed by atoms with van der Waals surface area (Å²) in [6.07, 6.45) is -0.594. The fraction of sp³-hybridized carbons (Fsp3) is 0.600. The van der Waals surface area contributed by atoms with Crippen LogP contribution in [0.1, 0.15) is 47.1 Å². The summed E-state index contributed by atoms with van der Waals surface area (Å²) in [7, 11) is 0. The summed E-state index contributed by atoms with van der Waals surface area (Å²) >= 11 is 6.58. The number of carbonyl (C=O) groups is 1. The van der Waals surface area contributed by atoms with E-state index in [0.717, 1.165) is 31.9 Å². The van der Waals surface area contributed by atoms with Crippen molar-refractivity contribution in [1.82, 2.24) is 4.90 Å². The number of piperazine rings is 1. The molecule has 2 rings (SSSR count). The number of amides is 1. The van der Waals surface area contributed by atoms with E-state index in [-0.39, 0.29) is 5.54 Å². The van der Waals surface area contributed by atoms with Gasteiger partial charge in [-0.1, -0.05) is 11.6 Å². The predicted octanol–water partition coefficient (Wildman–Crippen LogP) is 4.48. The number of nitrogens with one attached hydrogen (secondary N) is 1. The third-order valence-electron chi connectivity index (χ3n) is 4.39. The molecular formula is C20H29ClN4O2. The number of nitrogens with zero attached hydrogens (tertiary/aromatic N) is 3. The van der Waals surface area contributed by atoms with Crippen LogP contribution in [0.15, 0.2) is 12.1 Å². The van der Waals surface area contributed by atoms with Crippen LogP contribution in [0.3, 0.4) is 0 Å². The van der Waals surface area contributed by atoms with Crippen molar-refractivity contribution in [3.05, 3.63) is 22.7 Å². The van der Waals surface area contributed by atoms with Gasteiger partial charge in [-0.3, -0.25) is 10.2 Å². The highest BCUT2D eigenvalue weighted by molar-refractivity contribution is 6.36. The Kier molecular flexibility index (Phi) is 6.28. The molecule has 27 heavy (non-hydrogen) atoms. The lowest BCUT2D eigenvalue weighted by molar-refractivity contribution is 0.0636. The molecule has 6 nitrogen and oxygen atoms in total. The zero-order chi connectivity index (χ0) is 20.4. The van der Waals surface area contributed by atoms with Gasteiger partial charge in [0.05, 0.1) is 28.0 Å². The molecule has 0 aliphatic carbocycles. The number of rotatable bonds is 2. The quantitative estimate of drug-likeness (QED) is 0.803. The van der Waals surface area contributed by atoms with E-state index in [1.165, 1.54) is 0 Å². The van der Waals surface area contributed by atoms with Gasteiger partial charge in [-0.25, -0.2) is 4.79 Å². The van der Waals surface area contributed by atoms with Crippen LogP contribution < -0.4 is 10.2 Å². The van der Waals surface area contributed by atoms with Gasteiger partial charge in [-0.2, -0.15) is 5.26 Å². The summed E-state index contributed by atoms with van der Waals surface area (Å²) < 4.78 is 5.30. The van der Waals surface area contributed by atoms with Crippen LogP contribution in [0, 0.1) is 11.3 Å². The zero-order valence-corrected chi connectivity index (χ0v) is 17.8. The minimum absolute atomic E-state index is 0.119. The molecule has 0 atom stereocenters. The molecule has 1 heterocycles. The Balaban J connectivity index is 2.23. The van der Waals surface area contributed by atoms with Crippen LogP contribution in [0.5, 0.6) is 0 Å². The molecule has 0 bridgehead atoms. The lowest BCUT2D eigenvalue weighted by Crippen LogP contribution is -2.53. The lowest BCUT2D eigenvalue weighted by Gasteiger charge is -2.43. The highest BCUT2D eigenvalue weighted by Gasteiger charge is 2.27. The zero-order valence-electron chi connectivity index (χ0n) is 17.0. The van der Waals surface area contributed by atoms with E-state index in [1.54, 1.807) is 32.9 Å². The molecule has 1 saturated heterocycles. The average molecular weight is 393 g/mol. The highest BCUT2D eigenvalue weighted by Crippen LogP contribution is 2.35. The lowest BCUT2D eigenvalue weighted by atomic mass is 10.0. The summed E-state index contributed by atoms with van der Waals surface area (Å²) in [6.45, 7) is 15.4. The van der Waals surface area contributed by atoms with Crippen molar-refractivity contribution in [2.24, 2.45) is 0 Å². The second-order valence-corrected chi connectivity index (χ2v) is 9.12. The Morgan fingerprint density at radius 1 is 1.15 bits per heavy atom. The summed E-state index contributed by atoms with van der Waals surface area (Å²) in [5, 5.41) is 12.5. The molecule has 1 aromatic rings. The first-order valence-corrected chi connectivity index (χ1v) is 9.52. The van der Waals surface area contributed by atoms with E-state index in [1.807, 2.05) is 0 Å². The minimum Gasteiger partial charge on any atom is -0.444 e. The number of hydrogen-bond donors (Lipinski definition) is 1. The van der Waals surface area contributed by atoms with Crippen molar-refractivity contribution in [2.75, 3.05) is 36.4 Å². The number of hydrogen-bond acceptors (Lipinski definition) is 5. The number of halogens is 1. The van der Waals surface area contributed by atoms with E-state index < -0.39 is 11.7 Å². The van der Waals surface area contributed by atoms with Crippen molar-refractivity contribution < 1.29 is 9.53 Å². The van der Waals surface area contributed by atoms with Crippen LogP contribution in [-0.2, 0) is 4.74 Å². The Hall–Kier alpha value is -1.97. The number of benzene rings is 1. The first-order chi connectivity index (χ1) is 12.4. The molecule has 148 valence electrons. The molecule has 7 heteroatoms. The molecule has 0 saturated carbocycles. The second kappa shape index (κ2) is 7.95. The molecule has 1 aliphatic rings. The smallest absolute Gasteiger partial charge is 0.412 e. The van der Waals surface area contributed by atoms with E-state index >= 15 is 0 Å². The van der Waals surface area contributed by atoms with Crippen molar-refractivity contribution in [1.29, 1.82) is 5.26 Å². The van der Waals surface area contributed by atoms with Crippen molar-refractivity contribution >= 4 is 29.1 Å². The summed E-state index contributed by atoms with van der Waals surface area (Å²) in [4.78, 5) is 16.7. The molecule has 1 aliphatic heterocycles. The number of carbonyl (C=O) groups excluding carboxylic acids is 1. The van der Waals surface area contributed by atoms with Gasteiger partial charge in [0.1, 0.15) is 5.60 Å². The van der Waals surface area contributed by atoms with Gasteiger partial charge in [0, 0.05) is 31.7 Å². The Morgan fingerprint density at radius 2 is 1.74 bits per heavy atom. The summed E-state index contributed by atoms with van der Waals surface area (Å²) in [6, 6.07) is 5.48. The number of nitriles is 1. The van der Waals surface area contributed by atoms with Gasteiger partial charge in [-0.15, -0.1) is 0 Å². The van der Waals surface area contributed by atoms with Crippen LogP contribution in [0.25, 0.3) is 0 Å². The second-order valence-electron chi connectivity index (χ2n) is 8.74. The fourth-order valence-corrected chi connectivity index (χ4v) is 3.30. The van der Waals surface area contributed by atoms with Gasteiger partial charge in [0.15, 0.2) is 0 Å². The third kappa shape index (κ3) is 5.75. The first-order valence-electron chi connectivity index (χ1n) is 9.14. The molecule has 1 N–H and O–H groups in total. The van der Waals surface area contributed by atoms with E-state index in [2.05, 4.69) is 42.0 Å². The van der Waals surface area contributed by atoms with Gasteiger partial charge in [-0.05, 0) is 53.7 Å². The number of anilines is 2. The first kappa shape index (κ1) is 21.3. The Labute approximate surface area is 167 Å². The van der Waals surface area contributed by atoms with Gasteiger partial charge in [0.25, 0.3) is 0 Å². The minimum atomic E-state index is -0.616. The topological polar surface area (TPSA) is 68.6 Å². The molecule has 1 amide bonds. The van der Waals surface area contributed by atoms with Crippen molar-refractivity contribution in [3.63, 3.8) is 0 Å². The monoisotopic (exact) mass is 392 g/mol. The van der Waals surface area contributed by atoms with Crippen LogP contribution in [-0.4, -0.2) is 48.3 Å². The molecule has 0 radical (unpaired) electrons. The van der Waals surface area contributed by atoms with E-state index in [9.17, 15) is 10.1 Å². The van der Waals surface area contributed by atoms with Crippen LogP contribution >= 0.6 is 11.6 Å². The summed E-state index contributed by atoms with van der Waals surface area (Å²) in [5.74, 6) is 0. The largest absolute Gasteiger partial charge is 0.444 e. The van der Waals surface area contributed by atoms with Gasteiger partial charge < -0.3 is 9.64 Å². The maximum Gasteiger partial charge on any atom is 0.412 e. The van der Waals surface area contributed by atoms with E-state index in [0.29, 0.717) is 16.3 Å². The molecule has 0 spiro atoms. The molecular weight excluding hydrogens is 364 g/mol. The van der Waals surface area contributed by atoms with Gasteiger partial charge in [0.2, 0.25) is 0 Å². The maximum atomic E-state index is 12.1. The Morgan fingerprint density at radius 3 is 2.22 bits per heavy atom. The van der Waals surface area contributed by atoms with Crippen LogP contribution in [0.4, 0.5) is 16.2 Å². The number of ether oxygens (including phenoxy) is 1. The molecule has 0 unspecified atom stereocenters. The Bertz CT molecular complexity index is 736. The molecule has 0 aromatic heterocycles. The van der Waals surface area contributed by atoms with E-state index in [4.69, 9.17) is 16.3 Å². The molecule has 1 fully saturated rings. The normalized spacial score (nSPS) is 16.0. The predicted molar refractivity (Wildman–Crippen MR) is 110 cm³/mol. The highest BCUT2D eigenvalue weighted by atomic mass is 35.5. The third-order valence-corrected chi connectivity index (χ3v) is 4.78.